The molecule has 1 saturated heterocycles. The highest BCUT2D eigenvalue weighted by molar-refractivity contribution is 7.80. The molecule has 0 bridgehead atoms. The number of likely N-dealkylation sites (tertiary alicyclic amines) is 1. The van der Waals surface area contributed by atoms with Crippen LogP contribution in [0.5, 0.6) is 0 Å². The minimum absolute atomic E-state index is 0.213. The lowest BCUT2D eigenvalue weighted by Crippen LogP contribution is -2.50. The molecule has 4 heteroatoms. The lowest BCUT2D eigenvalue weighted by atomic mass is 10.0. The number of thiocarbonyl (C=S) groups is 1. The van der Waals surface area contributed by atoms with Crippen LogP contribution < -0.4 is 5.73 Å². The van der Waals surface area contributed by atoms with Gasteiger partial charge in [0.1, 0.15) is 6.04 Å². The Labute approximate surface area is 113 Å². The summed E-state index contributed by atoms with van der Waals surface area (Å²) >= 11 is 5.47. The van der Waals surface area contributed by atoms with Gasteiger partial charge in [-0.15, -0.1) is 0 Å². The number of carbonyl (C=O) groups excluding carboxylic acids is 1. The number of nitrogens with two attached hydrogens (primary N) is 1. The molecule has 1 fully saturated rings. The van der Waals surface area contributed by atoms with Gasteiger partial charge in [0.05, 0.1) is 4.99 Å². The van der Waals surface area contributed by atoms with Crippen LogP contribution >= 0.6 is 12.2 Å². The quantitative estimate of drug-likeness (QED) is 0.846. The third-order valence-corrected chi connectivity index (χ3v) is 3.73. The van der Waals surface area contributed by atoms with Gasteiger partial charge in [0.2, 0.25) is 5.91 Å². The van der Waals surface area contributed by atoms with Gasteiger partial charge in [0.15, 0.2) is 0 Å². The molecule has 0 radical (unpaired) electrons. The SMILES string of the molecule is NC(=O)C1CCCCN1C(=S)Cc1ccccc1. The van der Waals surface area contributed by atoms with E-state index in [1.165, 1.54) is 5.56 Å². The zero-order valence-corrected chi connectivity index (χ0v) is 11.2. The molecule has 96 valence electrons. The van der Waals surface area contributed by atoms with Gasteiger partial charge in [-0.3, -0.25) is 4.79 Å². The molecule has 1 aliphatic heterocycles. The molecule has 2 rings (SSSR count). The maximum absolute atomic E-state index is 11.4. The first-order chi connectivity index (χ1) is 8.68. The molecule has 1 heterocycles. The normalized spacial score (nSPS) is 19.6. The van der Waals surface area contributed by atoms with Gasteiger partial charge in [-0.2, -0.15) is 0 Å². The smallest absolute Gasteiger partial charge is 0.240 e. The standard InChI is InChI=1S/C14H18N2OS/c15-14(17)12-8-4-5-9-16(12)13(18)10-11-6-2-1-3-7-11/h1-3,6-7,12H,4-5,8-10H2,(H2,15,17). The molecule has 3 nitrogen and oxygen atoms in total. The van der Waals surface area contributed by atoms with E-state index in [1.807, 2.05) is 23.1 Å². The van der Waals surface area contributed by atoms with Crippen LogP contribution in [0.25, 0.3) is 0 Å². The fourth-order valence-corrected chi connectivity index (χ4v) is 2.78. The van der Waals surface area contributed by atoms with Gasteiger partial charge >= 0.3 is 0 Å². The number of carbonyl (C=O) groups is 1. The molecule has 1 amide bonds. The van der Waals surface area contributed by atoms with E-state index in [9.17, 15) is 4.79 Å². The number of hydrogen-bond donors (Lipinski definition) is 1. The topological polar surface area (TPSA) is 46.3 Å². The maximum atomic E-state index is 11.4. The van der Waals surface area contributed by atoms with Crippen molar-refractivity contribution in [1.82, 2.24) is 4.90 Å². The summed E-state index contributed by atoms with van der Waals surface area (Å²) in [6.07, 6.45) is 3.67. The van der Waals surface area contributed by atoms with Crippen molar-refractivity contribution in [1.29, 1.82) is 0 Å². The fraction of sp³-hybridized carbons (Fsp3) is 0.429. The first kappa shape index (κ1) is 13.0. The van der Waals surface area contributed by atoms with Crippen molar-refractivity contribution >= 4 is 23.1 Å². The lowest BCUT2D eigenvalue weighted by Gasteiger charge is -2.35. The first-order valence-corrected chi connectivity index (χ1v) is 6.72. The van der Waals surface area contributed by atoms with Crippen molar-refractivity contribution in [3.05, 3.63) is 35.9 Å². The molecule has 1 unspecified atom stereocenters. The number of hydrogen-bond acceptors (Lipinski definition) is 2. The second kappa shape index (κ2) is 5.96. The van der Waals surface area contributed by atoms with E-state index in [0.29, 0.717) is 6.42 Å². The van der Waals surface area contributed by atoms with Crippen molar-refractivity contribution in [3.63, 3.8) is 0 Å². The molecular formula is C14H18N2OS. The van der Waals surface area contributed by atoms with Crippen LogP contribution in [0.15, 0.2) is 30.3 Å². The largest absolute Gasteiger partial charge is 0.368 e. The van der Waals surface area contributed by atoms with Crippen molar-refractivity contribution in [2.45, 2.75) is 31.7 Å². The Balaban J connectivity index is 2.05. The van der Waals surface area contributed by atoms with E-state index in [1.54, 1.807) is 0 Å². The Bertz CT molecular complexity index is 433. The van der Waals surface area contributed by atoms with Gasteiger partial charge in [-0.1, -0.05) is 42.5 Å². The minimum Gasteiger partial charge on any atom is -0.368 e. The molecule has 1 aromatic rings. The van der Waals surface area contributed by atoms with Crippen LogP contribution in [-0.4, -0.2) is 28.4 Å². The van der Waals surface area contributed by atoms with E-state index in [2.05, 4.69) is 12.1 Å². The van der Waals surface area contributed by atoms with Crippen LogP contribution in [0.1, 0.15) is 24.8 Å². The average molecular weight is 262 g/mol. The molecule has 18 heavy (non-hydrogen) atoms. The Morgan fingerprint density at radius 1 is 1.33 bits per heavy atom. The molecule has 0 aromatic heterocycles. The van der Waals surface area contributed by atoms with E-state index < -0.39 is 0 Å². The second-order valence-corrected chi connectivity index (χ2v) is 5.13. The number of nitrogens with zero attached hydrogens (tertiary/aromatic N) is 1. The van der Waals surface area contributed by atoms with Gasteiger partial charge in [0.25, 0.3) is 0 Å². The Morgan fingerprint density at radius 2 is 2.06 bits per heavy atom. The maximum Gasteiger partial charge on any atom is 0.240 e. The van der Waals surface area contributed by atoms with Crippen LogP contribution in [-0.2, 0) is 11.2 Å². The molecule has 1 aromatic carbocycles. The van der Waals surface area contributed by atoms with Gasteiger partial charge in [-0.25, -0.2) is 0 Å². The minimum atomic E-state index is -0.259. The van der Waals surface area contributed by atoms with Crippen molar-refractivity contribution in [2.24, 2.45) is 5.73 Å². The highest BCUT2D eigenvalue weighted by Crippen LogP contribution is 2.19. The first-order valence-electron chi connectivity index (χ1n) is 6.31. The van der Waals surface area contributed by atoms with Gasteiger partial charge in [-0.05, 0) is 24.8 Å². The summed E-state index contributed by atoms with van der Waals surface area (Å²) in [5.41, 5.74) is 6.63. The average Bonchev–Trinajstić information content (AvgIpc) is 2.40. The summed E-state index contributed by atoms with van der Waals surface area (Å²) < 4.78 is 0. The number of benzene rings is 1. The number of primary amides is 1. The molecule has 0 spiro atoms. The third kappa shape index (κ3) is 3.07. The monoisotopic (exact) mass is 262 g/mol. The number of rotatable bonds is 3. The highest BCUT2D eigenvalue weighted by Gasteiger charge is 2.28. The number of amides is 1. The van der Waals surface area contributed by atoms with E-state index in [4.69, 9.17) is 18.0 Å². The summed E-state index contributed by atoms with van der Waals surface area (Å²) in [6.45, 7) is 0.847. The highest BCUT2D eigenvalue weighted by atomic mass is 32.1. The summed E-state index contributed by atoms with van der Waals surface area (Å²) in [7, 11) is 0. The number of piperidine rings is 1. The van der Waals surface area contributed by atoms with Crippen LogP contribution in [0.3, 0.4) is 0 Å². The van der Waals surface area contributed by atoms with Crippen molar-refractivity contribution < 1.29 is 4.79 Å². The summed E-state index contributed by atoms with van der Waals surface area (Å²) in [5, 5.41) is 0. The van der Waals surface area contributed by atoms with Crippen molar-refractivity contribution in [2.75, 3.05) is 6.54 Å². The lowest BCUT2D eigenvalue weighted by molar-refractivity contribution is -0.122. The zero-order chi connectivity index (χ0) is 13.0. The zero-order valence-electron chi connectivity index (χ0n) is 10.3. The molecule has 1 atom stereocenters. The Morgan fingerprint density at radius 3 is 2.72 bits per heavy atom. The van der Waals surface area contributed by atoms with Gasteiger partial charge in [0, 0.05) is 13.0 Å². The fourth-order valence-electron chi connectivity index (χ4n) is 2.40. The summed E-state index contributed by atoms with van der Waals surface area (Å²) in [6, 6.07) is 9.87. The van der Waals surface area contributed by atoms with Crippen LogP contribution in [0, 0.1) is 0 Å². The predicted octanol–water partition coefficient (Wildman–Crippen LogP) is 1.90. The van der Waals surface area contributed by atoms with Crippen molar-refractivity contribution in [3.8, 4) is 0 Å². The summed E-state index contributed by atoms with van der Waals surface area (Å²) in [4.78, 5) is 14.3. The molecular weight excluding hydrogens is 244 g/mol. The van der Waals surface area contributed by atoms with E-state index in [0.717, 1.165) is 30.8 Å². The van der Waals surface area contributed by atoms with Crippen LogP contribution in [0.2, 0.25) is 0 Å². The predicted molar refractivity (Wildman–Crippen MR) is 76.3 cm³/mol. The van der Waals surface area contributed by atoms with Gasteiger partial charge < -0.3 is 10.6 Å². The third-order valence-electron chi connectivity index (χ3n) is 3.35. The Hall–Kier alpha value is -1.42. The molecule has 0 aliphatic carbocycles. The molecule has 1 aliphatic rings. The van der Waals surface area contributed by atoms with Crippen LogP contribution in [0.4, 0.5) is 0 Å². The molecule has 2 N–H and O–H groups in total. The summed E-state index contributed by atoms with van der Waals surface area (Å²) in [5.74, 6) is -0.259. The second-order valence-electron chi connectivity index (χ2n) is 4.66. The van der Waals surface area contributed by atoms with E-state index in [-0.39, 0.29) is 11.9 Å². The van der Waals surface area contributed by atoms with E-state index >= 15 is 0 Å². The Kier molecular flexibility index (Phi) is 4.31. The molecule has 0 saturated carbocycles.